The van der Waals surface area contributed by atoms with E-state index in [9.17, 15) is 14.9 Å². The highest BCUT2D eigenvalue weighted by molar-refractivity contribution is 5.89. The first-order valence-corrected chi connectivity index (χ1v) is 8.78. The molecule has 4 rings (SSSR count). The van der Waals surface area contributed by atoms with Crippen LogP contribution in [-0.2, 0) is 0 Å². The van der Waals surface area contributed by atoms with E-state index in [4.69, 9.17) is 9.84 Å². The number of fused-ring (bicyclic) bond motifs is 1. The Hall–Kier alpha value is -4.53. The molecule has 0 fully saturated rings. The van der Waals surface area contributed by atoms with Crippen LogP contribution in [0, 0.1) is 10.1 Å². The second kappa shape index (κ2) is 7.84. The van der Waals surface area contributed by atoms with Gasteiger partial charge in [0, 0.05) is 11.1 Å². The molecule has 0 radical (unpaired) electrons. The molecular formula is C21H14N4O5. The predicted octanol–water partition coefficient (Wildman–Crippen LogP) is 4.77. The Morgan fingerprint density at radius 2 is 1.73 bits per heavy atom. The maximum absolute atomic E-state index is 11.8. The molecule has 0 bridgehead atoms. The monoisotopic (exact) mass is 402 g/mol. The quantitative estimate of drug-likeness (QED) is 0.349. The second-order valence-electron chi connectivity index (χ2n) is 6.22. The Morgan fingerprint density at radius 1 is 1.00 bits per heavy atom. The maximum Gasteiger partial charge on any atom is 0.373 e. The zero-order valence-electron chi connectivity index (χ0n) is 15.4. The van der Waals surface area contributed by atoms with Crippen LogP contribution in [0.4, 0.5) is 17.2 Å². The minimum atomic E-state index is -1.07. The van der Waals surface area contributed by atoms with E-state index in [2.05, 4.69) is 15.3 Å². The summed E-state index contributed by atoms with van der Waals surface area (Å²) in [5, 5.41) is 25.3. The number of carboxylic acid groups (broad SMARTS) is 1. The summed E-state index contributed by atoms with van der Waals surface area (Å²) in [7, 11) is 0. The fourth-order valence-corrected chi connectivity index (χ4v) is 2.92. The van der Waals surface area contributed by atoms with Crippen molar-refractivity contribution in [3.63, 3.8) is 0 Å². The van der Waals surface area contributed by atoms with E-state index < -0.39 is 16.6 Å². The molecule has 0 amide bonds. The molecule has 0 saturated heterocycles. The van der Waals surface area contributed by atoms with E-state index in [0.29, 0.717) is 11.4 Å². The van der Waals surface area contributed by atoms with Crippen LogP contribution in [0.1, 0.15) is 10.4 Å². The van der Waals surface area contributed by atoms with Crippen molar-refractivity contribution in [1.29, 1.82) is 0 Å². The summed E-state index contributed by atoms with van der Waals surface area (Å²) in [5.74, 6) is -0.934. The highest BCUT2D eigenvalue weighted by Crippen LogP contribution is 2.37. The fourth-order valence-electron chi connectivity index (χ4n) is 2.92. The number of aromatic nitrogens is 2. The molecular weight excluding hydrogens is 388 g/mol. The SMILES string of the molecule is O=C(O)c1ccc(Nc2ncnc(Oc3cccc4ccccc34)c2[N+](=O)[O-])cc1. The molecule has 9 nitrogen and oxygen atoms in total. The van der Waals surface area contributed by atoms with Gasteiger partial charge in [0.2, 0.25) is 5.82 Å². The predicted molar refractivity (Wildman–Crippen MR) is 109 cm³/mol. The van der Waals surface area contributed by atoms with Gasteiger partial charge in [-0.3, -0.25) is 10.1 Å². The molecule has 4 aromatic rings. The number of nitro groups is 1. The summed E-state index contributed by atoms with van der Waals surface area (Å²) in [6.45, 7) is 0. The van der Waals surface area contributed by atoms with Gasteiger partial charge in [0.1, 0.15) is 12.1 Å². The lowest BCUT2D eigenvalue weighted by Crippen LogP contribution is -2.04. The third-order valence-corrected chi connectivity index (χ3v) is 4.32. The Balaban J connectivity index is 1.71. The average Bonchev–Trinajstić information content (AvgIpc) is 2.74. The number of benzene rings is 3. The number of nitrogens with one attached hydrogen (secondary N) is 1. The molecule has 0 unspecified atom stereocenters. The Bertz CT molecular complexity index is 1250. The van der Waals surface area contributed by atoms with Crippen molar-refractivity contribution in [3.05, 3.63) is 88.7 Å². The molecule has 30 heavy (non-hydrogen) atoms. The lowest BCUT2D eigenvalue weighted by Gasteiger charge is -2.11. The van der Waals surface area contributed by atoms with Gasteiger partial charge >= 0.3 is 17.5 Å². The molecule has 0 aliphatic heterocycles. The van der Waals surface area contributed by atoms with E-state index >= 15 is 0 Å². The molecule has 148 valence electrons. The first-order chi connectivity index (χ1) is 14.5. The van der Waals surface area contributed by atoms with Crippen LogP contribution in [0.2, 0.25) is 0 Å². The van der Waals surface area contributed by atoms with Gasteiger partial charge in [-0.15, -0.1) is 0 Å². The van der Waals surface area contributed by atoms with Gasteiger partial charge in [-0.2, -0.15) is 4.98 Å². The highest BCUT2D eigenvalue weighted by Gasteiger charge is 2.25. The number of rotatable bonds is 6. The zero-order valence-corrected chi connectivity index (χ0v) is 15.4. The van der Waals surface area contributed by atoms with Crippen LogP contribution in [0.3, 0.4) is 0 Å². The minimum absolute atomic E-state index is 0.0756. The molecule has 0 aliphatic carbocycles. The number of carbonyl (C=O) groups is 1. The summed E-state index contributed by atoms with van der Waals surface area (Å²) in [4.78, 5) is 30.0. The number of hydrogen-bond donors (Lipinski definition) is 2. The fraction of sp³-hybridized carbons (Fsp3) is 0. The summed E-state index contributed by atoms with van der Waals surface area (Å²) in [6.07, 6.45) is 1.15. The van der Waals surface area contributed by atoms with E-state index in [0.717, 1.165) is 17.1 Å². The van der Waals surface area contributed by atoms with Crippen LogP contribution < -0.4 is 10.1 Å². The number of carboxylic acids is 1. The molecule has 0 atom stereocenters. The van der Waals surface area contributed by atoms with Gasteiger partial charge < -0.3 is 15.2 Å². The van der Waals surface area contributed by atoms with E-state index in [1.54, 1.807) is 12.1 Å². The van der Waals surface area contributed by atoms with Crippen molar-refractivity contribution in [2.24, 2.45) is 0 Å². The van der Waals surface area contributed by atoms with E-state index in [-0.39, 0.29) is 17.3 Å². The van der Waals surface area contributed by atoms with E-state index in [1.165, 1.54) is 24.3 Å². The van der Waals surface area contributed by atoms with Crippen molar-refractivity contribution >= 4 is 33.9 Å². The number of nitrogens with zero attached hydrogens (tertiary/aromatic N) is 3. The number of anilines is 2. The largest absolute Gasteiger partial charge is 0.478 e. The molecule has 0 aliphatic rings. The molecule has 1 aromatic heterocycles. The molecule has 3 aromatic carbocycles. The number of ether oxygens (including phenoxy) is 1. The lowest BCUT2D eigenvalue weighted by atomic mass is 10.1. The third kappa shape index (κ3) is 3.72. The summed E-state index contributed by atoms with van der Waals surface area (Å²) in [5.41, 5.74) is 0.0865. The average molecular weight is 402 g/mol. The van der Waals surface area contributed by atoms with Crippen molar-refractivity contribution in [2.75, 3.05) is 5.32 Å². The molecule has 0 saturated carbocycles. The normalized spacial score (nSPS) is 10.5. The van der Waals surface area contributed by atoms with Crippen LogP contribution >= 0.6 is 0 Å². The van der Waals surface area contributed by atoms with Gasteiger partial charge in [-0.25, -0.2) is 9.78 Å². The number of aromatic carboxylic acids is 1. The van der Waals surface area contributed by atoms with Crippen molar-refractivity contribution in [1.82, 2.24) is 9.97 Å². The van der Waals surface area contributed by atoms with Crippen molar-refractivity contribution in [2.45, 2.75) is 0 Å². The van der Waals surface area contributed by atoms with Gasteiger partial charge in [0.25, 0.3) is 0 Å². The van der Waals surface area contributed by atoms with Gasteiger partial charge in [-0.05, 0) is 35.7 Å². The molecule has 1 heterocycles. The second-order valence-corrected chi connectivity index (χ2v) is 6.22. The first kappa shape index (κ1) is 18.8. The lowest BCUT2D eigenvalue weighted by molar-refractivity contribution is -0.385. The van der Waals surface area contributed by atoms with Gasteiger partial charge in [0.15, 0.2) is 0 Å². The maximum atomic E-state index is 11.8. The number of hydrogen-bond acceptors (Lipinski definition) is 7. The Morgan fingerprint density at radius 3 is 2.47 bits per heavy atom. The Labute approximate surface area is 169 Å². The summed E-state index contributed by atoms with van der Waals surface area (Å²) in [6, 6.07) is 18.6. The standard InChI is InChI=1S/C21H14N4O5/c26-21(27)14-8-10-15(11-9-14)24-19-18(25(28)29)20(23-12-22-19)30-17-7-3-5-13-4-1-2-6-16(13)17/h1-12H,(H,26,27)(H,22,23,24). The smallest absolute Gasteiger partial charge is 0.373 e. The summed E-state index contributed by atoms with van der Waals surface area (Å²) >= 11 is 0. The van der Waals surface area contributed by atoms with Crippen LogP contribution in [0.25, 0.3) is 10.8 Å². The first-order valence-electron chi connectivity index (χ1n) is 8.78. The van der Waals surface area contributed by atoms with Crippen molar-refractivity contribution in [3.8, 4) is 11.6 Å². The highest BCUT2D eigenvalue weighted by atomic mass is 16.6. The molecule has 0 spiro atoms. The van der Waals surface area contributed by atoms with Crippen LogP contribution in [-0.4, -0.2) is 26.0 Å². The minimum Gasteiger partial charge on any atom is -0.478 e. The zero-order chi connectivity index (χ0) is 21.1. The Kier molecular flexibility index (Phi) is 4.92. The van der Waals surface area contributed by atoms with Crippen molar-refractivity contribution < 1.29 is 19.6 Å². The van der Waals surface area contributed by atoms with Gasteiger partial charge in [0.05, 0.1) is 10.5 Å². The van der Waals surface area contributed by atoms with E-state index in [1.807, 2.05) is 30.3 Å². The third-order valence-electron chi connectivity index (χ3n) is 4.32. The van der Waals surface area contributed by atoms with Crippen LogP contribution in [0.5, 0.6) is 11.6 Å². The van der Waals surface area contributed by atoms with Crippen LogP contribution in [0.15, 0.2) is 73.1 Å². The molecule has 2 N–H and O–H groups in total. The molecule has 9 heteroatoms. The topological polar surface area (TPSA) is 127 Å². The van der Waals surface area contributed by atoms with Gasteiger partial charge in [-0.1, -0.05) is 36.4 Å². The summed E-state index contributed by atoms with van der Waals surface area (Å²) < 4.78 is 5.80.